The normalized spacial score (nSPS) is 20.9. The number of anilines is 2. The summed E-state index contributed by atoms with van der Waals surface area (Å²) in [5.74, 6) is 2.17. The highest BCUT2D eigenvalue weighted by atomic mass is 16.5. The van der Waals surface area contributed by atoms with Gasteiger partial charge in [-0.2, -0.15) is 0 Å². The van der Waals surface area contributed by atoms with Crippen LogP contribution in [0.1, 0.15) is 47.0 Å². The molecular formula is C16H28N4O. The molecule has 1 aliphatic carbocycles. The van der Waals surface area contributed by atoms with Gasteiger partial charge in [-0.15, -0.1) is 0 Å². The quantitative estimate of drug-likeness (QED) is 0.889. The van der Waals surface area contributed by atoms with Crippen LogP contribution in [0.3, 0.4) is 0 Å². The van der Waals surface area contributed by atoms with E-state index in [9.17, 15) is 0 Å². The molecule has 1 saturated carbocycles. The topological polar surface area (TPSA) is 59.1 Å². The maximum atomic E-state index is 5.46. The average molecular weight is 292 g/mol. The Labute approximate surface area is 127 Å². The van der Waals surface area contributed by atoms with Crippen LogP contribution in [0.25, 0.3) is 0 Å². The molecule has 0 radical (unpaired) electrons. The molecule has 1 aliphatic rings. The van der Waals surface area contributed by atoms with Gasteiger partial charge in [0.05, 0.1) is 7.11 Å². The van der Waals surface area contributed by atoms with Gasteiger partial charge >= 0.3 is 0 Å². The lowest BCUT2D eigenvalue weighted by atomic mass is 9.63. The SMILES string of the molecule is CNc1ncnc(NC2CC(C)(C)CC(C)(C)C2)c1OC. The van der Waals surface area contributed by atoms with Crippen molar-refractivity contribution in [1.82, 2.24) is 9.97 Å². The molecule has 1 heterocycles. The fraction of sp³-hybridized carbons (Fsp3) is 0.750. The van der Waals surface area contributed by atoms with E-state index in [1.54, 1.807) is 13.4 Å². The Morgan fingerprint density at radius 2 is 1.67 bits per heavy atom. The number of ether oxygens (including phenoxy) is 1. The summed E-state index contributed by atoms with van der Waals surface area (Å²) < 4.78 is 5.46. The molecule has 1 aromatic rings. The van der Waals surface area contributed by atoms with Crippen molar-refractivity contribution >= 4 is 11.6 Å². The van der Waals surface area contributed by atoms with E-state index >= 15 is 0 Å². The van der Waals surface area contributed by atoms with Crippen LogP contribution >= 0.6 is 0 Å². The summed E-state index contributed by atoms with van der Waals surface area (Å²) in [6.45, 7) is 9.38. The first-order valence-corrected chi connectivity index (χ1v) is 7.60. The molecule has 0 spiro atoms. The van der Waals surface area contributed by atoms with E-state index < -0.39 is 0 Å². The van der Waals surface area contributed by atoms with Crippen LogP contribution in [0.5, 0.6) is 5.75 Å². The van der Waals surface area contributed by atoms with E-state index in [2.05, 4.69) is 48.3 Å². The molecule has 118 valence electrons. The van der Waals surface area contributed by atoms with Crippen molar-refractivity contribution in [2.24, 2.45) is 10.8 Å². The van der Waals surface area contributed by atoms with Crippen molar-refractivity contribution < 1.29 is 4.74 Å². The summed E-state index contributed by atoms with van der Waals surface area (Å²) >= 11 is 0. The lowest BCUT2D eigenvalue weighted by molar-refractivity contribution is 0.105. The predicted molar refractivity (Wildman–Crippen MR) is 87.0 cm³/mol. The zero-order chi connectivity index (χ0) is 15.7. The van der Waals surface area contributed by atoms with E-state index in [1.807, 2.05) is 7.05 Å². The first-order chi connectivity index (χ1) is 9.76. The van der Waals surface area contributed by atoms with Crippen molar-refractivity contribution in [3.05, 3.63) is 6.33 Å². The lowest BCUT2D eigenvalue weighted by Gasteiger charge is -2.45. The molecule has 1 aromatic heterocycles. The van der Waals surface area contributed by atoms with Crippen LogP contribution in [0, 0.1) is 10.8 Å². The Morgan fingerprint density at radius 1 is 1.10 bits per heavy atom. The Bertz CT molecular complexity index is 483. The summed E-state index contributed by atoms with van der Waals surface area (Å²) in [6.07, 6.45) is 5.09. The smallest absolute Gasteiger partial charge is 0.204 e. The molecule has 0 amide bonds. The summed E-state index contributed by atoms with van der Waals surface area (Å²) in [6, 6.07) is 0.400. The van der Waals surface area contributed by atoms with Gasteiger partial charge in [0.2, 0.25) is 5.75 Å². The van der Waals surface area contributed by atoms with Crippen LogP contribution in [0.15, 0.2) is 6.33 Å². The Balaban J connectivity index is 2.22. The zero-order valence-corrected chi connectivity index (χ0v) is 14.1. The Kier molecular flexibility index (Phi) is 4.30. The average Bonchev–Trinajstić information content (AvgIpc) is 2.34. The third-order valence-electron chi connectivity index (χ3n) is 4.14. The first kappa shape index (κ1) is 15.9. The molecule has 2 rings (SSSR count). The lowest BCUT2D eigenvalue weighted by Crippen LogP contribution is -2.40. The van der Waals surface area contributed by atoms with E-state index in [0.29, 0.717) is 28.4 Å². The van der Waals surface area contributed by atoms with Crippen LogP contribution in [0.4, 0.5) is 11.6 Å². The van der Waals surface area contributed by atoms with Crippen LogP contribution in [-0.2, 0) is 0 Å². The number of aromatic nitrogens is 2. The molecule has 21 heavy (non-hydrogen) atoms. The minimum atomic E-state index is 0.339. The number of nitrogens with one attached hydrogen (secondary N) is 2. The van der Waals surface area contributed by atoms with Gasteiger partial charge in [0.15, 0.2) is 11.6 Å². The Hall–Kier alpha value is -1.52. The minimum Gasteiger partial charge on any atom is -0.490 e. The molecule has 0 atom stereocenters. The van der Waals surface area contributed by atoms with Crippen molar-refractivity contribution in [2.75, 3.05) is 24.8 Å². The van der Waals surface area contributed by atoms with E-state index in [0.717, 1.165) is 18.7 Å². The van der Waals surface area contributed by atoms with Crippen molar-refractivity contribution in [2.45, 2.75) is 53.0 Å². The molecular weight excluding hydrogens is 264 g/mol. The van der Waals surface area contributed by atoms with Crippen LogP contribution < -0.4 is 15.4 Å². The molecule has 0 saturated heterocycles. The fourth-order valence-corrected chi connectivity index (χ4v) is 3.99. The molecule has 0 aliphatic heterocycles. The first-order valence-electron chi connectivity index (χ1n) is 7.60. The summed E-state index contributed by atoms with van der Waals surface area (Å²) in [7, 11) is 3.49. The summed E-state index contributed by atoms with van der Waals surface area (Å²) in [5.41, 5.74) is 0.678. The molecule has 0 unspecified atom stereocenters. The fourth-order valence-electron chi connectivity index (χ4n) is 3.99. The number of rotatable bonds is 4. The highest BCUT2D eigenvalue weighted by Crippen LogP contribution is 2.46. The van der Waals surface area contributed by atoms with Crippen molar-refractivity contribution in [1.29, 1.82) is 0 Å². The number of hydrogen-bond donors (Lipinski definition) is 2. The number of hydrogen-bond acceptors (Lipinski definition) is 5. The molecule has 0 bridgehead atoms. The number of methoxy groups -OCH3 is 1. The second kappa shape index (κ2) is 5.70. The highest BCUT2D eigenvalue weighted by molar-refractivity contribution is 5.63. The molecule has 5 heteroatoms. The second-order valence-corrected chi connectivity index (χ2v) is 7.61. The summed E-state index contributed by atoms with van der Waals surface area (Å²) in [4.78, 5) is 8.55. The second-order valence-electron chi connectivity index (χ2n) is 7.61. The van der Waals surface area contributed by atoms with Crippen molar-refractivity contribution in [3.63, 3.8) is 0 Å². The standard InChI is InChI=1S/C16H28N4O/c1-15(2)7-11(8-16(3,4)9-15)20-14-12(21-6)13(17-5)18-10-19-14/h10-11H,7-9H2,1-6H3,(H2,17,18,19,20). The molecule has 0 aromatic carbocycles. The monoisotopic (exact) mass is 292 g/mol. The Morgan fingerprint density at radius 3 is 2.19 bits per heavy atom. The van der Waals surface area contributed by atoms with E-state index in [-0.39, 0.29) is 0 Å². The molecule has 1 fully saturated rings. The predicted octanol–water partition coefficient (Wildman–Crippen LogP) is 3.54. The van der Waals surface area contributed by atoms with Gasteiger partial charge < -0.3 is 15.4 Å². The number of nitrogens with zero attached hydrogens (tertiary/aromatic N) is 2. The van der Waals surface area contributed by atoms with Gasteiger partial charge in [-0.05, 0) is 30.1 Å². The van der Waals surface area contributed by atoms with Gasteiger partial charge in [0.25, 0.3) is 0 Å². The molecule has 5 nitrogen and oxygen atoms in total. The highest BCUT2D eigenvalue weighted by Gasteiger charge is 2.38. The zero-order valence-electron chi connectivity index (χ0n) is 14.1. The van der Waals surface area contributed by atoms with Gasteiger partial charge in [-0.3, -0.25) is 0 Å². The van der Waals surface area contributed by atoms with Crippen LogP contribution in [0.2, 0.25) is 0 Å². The van der Waals surface area contributed by atoms with Gasteiger partial charge in [-0.25, -0.2) is 9.97 Å². The van der Waals surface area contributed by atoms with Crippen molar-refractivity contribution in [3.8, 4) is 5.75 Å². The largest absolute Gasteiger partial charge is 0.490 e. The van der Waals surface area contributed by atoms with Gasteiger partial charge in [0.1, 0.15) is 6.33 Å². The van der Waals surface area contributed by atoms with E-state index in [1.165, 1.54) is 6.42 Å². The van der Waals surface area contributed by atoms with E-state index in [4.69, 9.17) is 4.74 Å². The van der Waals surface area contributed by atoms with Gasteiger partial charge in [-0.1, -0.05) is 27.7 Å². The maximum absolute atomic E-state index is 5.46. The molecule has 2 N–H and O–H groups in total. The van der Waals surface area contributed by atoms with Gasteiger partial charge in [0, 0.05) is 13.1 Å². The third kappa shape index (κ3) is 3.77. The third-order valence-corrected chi connectivity index (χ3v) is 4.14. The van der Waals surface area contributed by atoms with Crippen LogP contribution in [-0.4, -0.2) is 30.2 Å². The summed E-state index contributed by atoms with van der Waals surface area (Å²) in [5, 5.41) is 6.61. The maximum Gasteiger partial charge on any atom is 0.204 e. The minimum absolute atomic E-state index is 0.339.